The van der Waals surface area contributed by atoms with Gasteiger partial charge in [-0.3, -0.25) is 19.7 Å². The monoisotopic (exact) mass is 401 g/mol. The van der Waals surface area contributed by atoms with E-state index in [0.29, 0.717) is 0 Å². The Bertz CT molecular complexity index is 992. The van der Waals surface area contributed by atoms with E-state index in [2.05, 4.69) is 0 Å². The van der Waals surface area contributed by atoms with Crippen LogP contribution >= 0.6 is 11.8 Å². The van der Waals surface area contributed by atoms with Gasteiger partial charge in [0.25, 0.3) is 5.69 Å². The number of carbonyl (C=O) groups excluding carboxylic acids is 3. The van der Waals surface area contributed by atoms with E-state index in [9.17, 15) is 29.6 Å². The molecule has 0 radical (unpaired) electrons. The van der Waals surface area contributed by atoms with Gasteiger partial charge in [0.1, 0.15) is 11.4 Å². The molecule has 0 bridgehead atoms. The van der Waals surface area contributed by atoms with Crippen molar-refractivity contribution in [3.05, 3.63) is 58.1 Å². The van der Waals surface area contributed by atoms with Crippen LogP contribution in [0, 0.1) is 10.1 Å². The van der Waals surface area contributed by atoms with Crippen molar-refractivity contribution in [3.8, 4) is 5.75 Å². The topological polar surface area (TPSA) is 130 Å². The van der Waals surface area contributed by atoms with Crippen molar-refractivity contribution in [3.63, 3.8) is 0 Å². The smallest absolute Gasteiger partial charge is 0.297 e. The predicted octanol–water partition coefficient (Wildman–Crippen LogP) is 1.39. The third kappa shape index (κ3) is 3.54. The zero-order valence-corrected chi connectivity index (χ0v) is 15.3. The van der Waals surface area contributed by atoms with E-state index in [1.54, 1.807) is 6.07 Å². The highest BCUT2D eigenvalue weighted by Gasteiger charge is 2.43. The van der Waals surface area contributed by atoms with Crippen molar-refractivity contribution < 1.29 is 29.2 Å². The number of anilines is 1. The van der Waals surface area contributed by atoms with Crippen molar-refractivity contribution >= 4 is 40.9 Å². The van der Waals surface area contributed by atoms with Gasteiger partial charge in [-0.1, -0.05) is 18.2 Å². The molecule has 0 N–H and O–H groups in total. The quantitative estimate of drug-likeness (QED) is 0.403. The highest BCUT2D eigenvalue weighted by atomic mass is 32.2. The van der Waals surface area contributed by atoms with Crippen molar-refractivity contribution in [2.75, 3.05) is 12.0 Å². The summed E-state index contributed by atoms with van der Waals surface area (Å²) in [5.74, 6) is -2.45. The van der Waals surface area contributed by atoms with Gasteiger partial charge in [-0.2, -0.15) is 0 Å². The molecule has 2 aromatic rings. The van der Waals surface area contributed by atoms with E-state index in [1.165, 1.54) is 37.4 Å². The number of nitrogens with zero attached hydrogens (tertiary/aromatic N) is 2. The van der Waals surface area contributed by atoms with Gasteiger partial charge in [-0.05, 0) is 18.2 Å². The van der Waals surface area contributed by atoms with Crippen LogP contribution < -0.4 is 14.7 Å². The largest absolute Gasteiger partial charge is 0.545 e. The van der Waals surface area contributed by atoms with Crippen molar-refractivity contribution in [1.82, 2.24) is 0 Å². The van der Waals surface area contributed by atoms with Crippen LogP contribution in [0.2, 0.25) is 0 Å². The number of carboxylic acid groups (broad SMARTS) is 1. The van der Waals surface area contributed by atoms with Crippen molar-refractivity contribution in [2.45, 2.75) is 16.6 Å². The third-order valence-corrected chi connectivity index (χ3v) is 5.36. The van der Waals surface area contributed by atoms with Gasteiger partial charge in [-0.15, -0.1) is 11.8 Å². The van der Waals surface area contributed by atoms with Crippen LogP contribution in [0.15, 0.2) is 47.4 Å². The summed E-state index contributed by atoms with van der Waals surface area (Å²) in [5, 5.41) is 21.7. The Morgan fingerprint density at radius 3 is 2.61 bits per heavy atom. The Morgan fingerprint density at radius 1 is 1.25 bits per heavy atom. The summed E-state index contributed by atoms with van der Waals surface area (Å²) < 4.78 is 4.95. The second kappa shape index (κ2) is 7.69. The maximum atomic E-state index is 12.8. The number of hydrogen-bond donors (Lipinski definition) is 0. The first-order chi connectivity index (χ1) is 13.3. The molecule has 0 aromatic heterocycles. The van der Waals surface area contributed by atoms with Gasteiger partial charge in [0.05, 0.1) is 29.3 Å². The molecule has 2 amide bonds. The van der Waals surface area contributed by atoms with Crippen LogP contribution in [0.3, 0.4) is 0 Å². The molecule has 1 atom stereocenters. The van der Waals surface area contributed by atoms with Gasteiger partial charge >= 0.3 is 0 Å². The number of carboxylic acids is 1. The summed E-state index contributed by atoms with van der Waals surface area (Å²) in [6.07, 6.45) is -0.214. The molecule has 2 aromatic carbocycles. The first kappa shape index (κ1) is 19.4. The molecule has 28 heavy (non-hydrogen) atoms. The number of carbonyl (C=O) groups is 3. The number of aromatic carboxylic acids is 1. The van der Waals surface area contributed by atoms with E-state index in [1.807, 2.05) is 0 Å². The van der Waals surface area contributed by atoms with Gasteiger partial charge in [0.15, 0.2) is 0 Å². The van der Waals surface area contributed by atoms with E-state index in [-0.39, 0.29) is 28.3 Å². The number of benzene rings is 2. The van der Waals surface area contributed by atoms with Crippen LogP contribution in [0.4, 0.5) is 11.4 Å². The molecular formula is C18H13N2O7S-. The van der Waals surface area contributed by atoms with E-state index in [4.69, 9.17) is 4.74 Å². The third-order valence-electron chi connectivity index (χ3n) is 4.10. The second-order valence-corrected chi connectivity index (χ2v) is 7.02. The summed E-state index contributed by atoms with van der Waals surface area (Å²) >= 11 is 0.911. The Labute approximate surface area is 163 Å². The minimum Gasteiger partial charge on any atom is -0.545 e. The maximum Gasteiger partial charge on any atom is 0.297 e. The lowest BCUT2D eigenvalue weighted by Crippen LogP contribution is -2.31. The first-order valence-corrected chi connectivity index (χ1v) is 8.87. The van der Waals surface area contributed by atoms with Crippen LogP contribution in [0.1, 0.15) is 16.8 Å². The molecule has 0 aliphatic carbocycles. The molecule has 1 fully saturated rings. The van der Waals surface area contributed by atoms with Crippen molar-refractivity contribution in [2.24, 2.45) is 0 Å². The van der Waals surface area contributed by atoms with Crippen LogP contribution in [0.5, 0.6) is 5.75 Å². The van der Waals surface area contributed by atoms with E-state index < -0.39 is 33.6 Å². The number of nitro benzene ring substituents is 1. The molecule has 3 rings (SSSR count). The maximum absolute atomic E-state index is 12.8. The van der Waals surface area contributed by atoms with E-state index >= 15 is 0 Å². The van der Waals surface area contributed by atoms with Crippen molar-refractivity contribution in [1.29, 1.82) is 0 Å². The summed E-state index contributed by atoms with van der Waals surface area (Å²) in [4.78, 5) is 48.2. The average molecular weight is 401 g/mol. The average Bonchev–Trinajstić information content (AvgIpc) is 2.94. The highest BCUT2D eigenvalue weighted by Crippen LogP contribution is 2.39. The molecule has 1 aliphatic rings. The Balaban J connectivity index is 1.93. The number of methoxy groups -OCH3 is 1. The normalized spacial score (nSPS) is 16.3. The fourth-order valence-corrected chi connectivity index (χ4v) is 3.98. The Hall–Kier alpha value is -3.40. The minimum absolute atomic E-state index is 0.0957. The summed E-state index contributed by atoms with van der Waals surface area (Å²) in [7, 11) is 1.34. The minimum atomic E-state index is -1.40. The number of amides is 2. The lowest BCUT2D eigenvalue weighted by atomic mass is 10.2. The lowest BCUT2D eigenvalue weighted by molar-refractivity contribution is -0.384. The SMILES string of the molecule is COc1ccc(N2C(=O)C[C@@H](Sc3ccccc3C(=O)[O-])C2=O)c([N+](=O)[O-])c1. The second-order valence-electron chi connectivity index (χ2n) is 5.77. The molecule has 0 saturated carbocycles. The van der Waals surface area contributed by atoms with Gasteiger partial charge in [-0.25, -0.2) is 4.90 Å². The fourth-order valence-electron chi connectivity index (χ4n) is 2.81. The summed E-state index contributed by atoms with van der Waals surface area (Å²) in [6, 6.07) is 9.77. The Kier molecular flexibility index (Phi) is 5.32. The number of imide groups is 1. The predicted molar refractivity (Wildman–Crippen MR) is 97.2 cm³/mol. The molecule has 0 unspecified atom stereocenters. The van der Waals surface area contributed by atoms with Crippen LogP contribution in [-0.2, 0) is 9.59 Å². The van der Waals surface area contributed by atoms with Gasteiger partial charge in [0, 0.05) is 16.9 Å². The molecule has 9 nitrogen and oxygen atoms in total. The molecular weight excluding hydrogens is 388 g/mol. The molecule has 1 aliphatic heterocycles. The van der Waals surface area contributed by atoms with Crippen LogP contribution in [-0.4, -0.2) is 35.1 Å². The zero-order chi connectivity index (χ0) is 20.4. The van der Waals surface area contributed by atoms with Crippen LogP contribution in [0.25, 0.3) is 0 Å². The van der Waals surface area contributed by atoms with Gasteiger partial charge < -0.3 is 14.6 Å². The molecule has 144 valence electrons. The van der Waals surface area contributed by atoms with E-state index in [0.717, 1.165) is 22.7 Å². The first-order valence-electron chi connectivity index (χ1n) is 7.99. The van der Waals surface area contributed by atoms with Gasteiger partial charge in [0.2, 0.25) is 11.8 Å². The zero-order valence-electron chi connectivity index (χ0n) is 14.5. The molecule has 1 heterocycles. The number of hydrogen-bond acceptors (Lipinski definition) is 8. The Morgan fingerprint density at radius 2 is 1.96 bits per heavy atom. The number of thioether (sulfide) groups is 1. The molecule has 1 saturated heterocycles. The number of ether oxygens (including phenoxy) is 1. The molecule has 10 heteroatoms. The fraction of sp³-hybridized carbons (Fsp3) is 0.167. The summed E-state index contributed by atoms with van der Waals surface area (Å²) in [5.41, 5.74) is -0.694. The standard InChI is InChI=1S/C18H14N2O7S/c1-27-10-6-7-12(13(8-10)20(25)26)19-16(21)9-15(17(19)22)28-14-5-3-2-4-11(14)18(23)24/h2-8,15H,9H2,1H3,(H,23,24)/p-1/t15-/m1/s1. The molecule has 0 spiro atoms. The highest BCUT2D eigenvalue weighted by molar-refractivity contribution is 8.00. The number of nitro groups is 1. The number of rotatable bonds is 6. The summed E-state index contributed by atoms with van der Waals surface area (Å²) in [6.45, 7) is 0. The lowest BCUT2D eigenvalue weighted by Gasteiger charge is -2.16.